The van der Waals surface area contributed by atoms with Gasteiger partial charge in [-0.05, 0) is 12.0 Å². The largest absolute Gasteiger partial charge is 0.448 e. The molecule has 0 saturated heterocycles. The summed E-state index contributed by atoms with van der Waals surface area (Å²) in [6.45, 7) is 4.75. The average molecular weight is 278 g/mol. The molecule has 110 valence electrons. The number of ether oxygens (including phenoxy) is 1. The molecule has 0 bridgehead atoms. The maximum atomic E-state index is 11.5. The lowest BCUT2D eigenvalue weighted by Crippen LogP contribution is -2.33. The van der Waals surface area contributed by atoms with Gasteiger partial charge in [0.2, 0.25) is 5.91 Å². The first-order chi connectivity index (χ1) is 9.63. The van der Waals surface area contributed by atoms with E-state index in [1.54, 1.807) is 0 Å². The normalized spacial score (nSPS) is 11.5. The first kappa shape index (κ1) is 16.0. The Morgan fingerprint density at radius 1 is 1.20 bits per heavy atom. The van der Waals surface area contributed by atoms with Gasteiger partial charge >= 0.3 is 6.09 Å². The molecule has 0 radical (unpaired) electrons. The molecule has 2 amide bonds. The third-order valence-corrected chi connectivity index (χ3v) is 2.97. The molecule has 0 spiro atoms. The van der Waals surface area contributed by atoms with Gasteiger partial charge in [-0.3, -0.25) is 4.79 Å². The smallest absolute Gasteiger partial charge is 0.407 e. The van der Waals surface area contributed by atoms with E-state index in [1.807, 2.05) is 44.2 Å². The van der Waals surface area contributed by atoms with Gasteiger partial charge in [-0.25, -0.2) is 4.79 Å². The molecule has 1 unspecified atom stereocenters. The molecule has 1 rings (SSSR count). The standard InChI is InChI=1S/C15H22N2O3/c1-3-12(2)14(18)16-9-10-20-15(19)17-11-13-7-5-4-6-8-13/h4-8,12H,3,9-11H2,1-2H3,(H,16,18)(H,17,19). The zero-order valence-electron chi connectivity index (χ0n) is 12.0. The Balaban J connectivity index is 2.10. The van der Waals surface area contributed by atoms with Gasteiger partial charge in [-0.1, -0.05) is 44.2 Å². The van der Waals surface area contributed by atoms with Crippen molar-refractivity contribution in [2.24, 2.45) is 5.92 Å². The molecule has 1 aromatic rings. The number of carbonyl (C=O) groups excluding carboxylic acids is 2. The molecular weight excluding hydrogens is 256 g/mol. The highest BCUT2D eigenvalue weighted by molar-refractivity contribution is 5.78. The molecule has 0 aliphatic heterocycles. The van der Waals surface area contributed by atoms with E-state index in [4.69, 9.17) is 4.74 Å². The summed E-state index contributed by atoms with van der Waals surface area (Å²) < 4.78 is 4.96. The average Bonchev–Trinajstić information content (AvgIpc) is 2.49. The number of nitrogens with one attached hydrogen (secondary N) is 2. The second-order valence-electron chi connectivity index (χ2n) is 4.58. The predicted molar refractivity (Wildman–Crippen MR) is 77.1 cm³/mol. The summed E-state index contributed by atoms with van der Waals surface area (Å²) in [5.41, 5.74) is 1.01. The van der Waals surface area contributed by atoms with Crippen molar-refractivity contribution in [3.63, 3.8) is 0 Å². The highest BCUT2D eigenvalue weighted by atomic mass is 16.5. The maximum Gasteiger partial charge on any atom is 0.407 e. The van der Waals surface area contributed by atoms with E-state index in [9.17, 15) is 9.59 Å². The summed E-state index contributed by atoms with van der Waals surface area (Å²) in [7, 11) is 0. The van der Waals surface area contributed by atoms with Crippen LogP contribution in [0.15, 0.2) is 30.3 Å². The van der Waals surface area contributed by atoms with E-state index in [1.165, 1.54) is 0 Å². The van der Waals surface area contributed by atoms with E-state index in [2.05, 4.69) is 10.6 Å². The minimum absolute atomic E-state index is 0.0121. The summed E-state index contributed by atoms with van der Waals surface area (Å²) in [5.74, 6) is -0.0253. The van der Waals surface area contributed by atoms with E-state index in [-0.39, 0.29) is 18.4 Å². The molecule has 0 heterocycles. The number of carbonyl (C=O) groups is 2. The lowest BCUT2D eigenvalue weighted by atomic mass is 10.1. The minimum atomic E-state index is -0.480. The summed E-state index contributed by atoms with van der Waals surface area (Å²) in [6, 6.07) is 9.58. The van der Waals surface area contributed by atoms with Crippen molar-refractivity contribution in [1.29, 1.82) is 0 Å². The quantitative estimate of drug-likeness (QED) is 0.750. The van der Waals surface area contributed by atoms with Crippen LogP contribution in [0, 0.1) is 5.92 Å². The second-order valence-corrected chi connectivity index (χ2v) is 4.58. The van der Waals surface area contributed by atoms with Crippen LogP contribution in [0.5, 0.6) is 0 Å². The third kappa shape index (κ3) is 6.22. The number of hydrogen-bond acceptors (Lipinski definition) is 3. The van der Waals surface area contributed by atoms with Crippen LogP contribution in [0.4, 0.5) is 4.79 Å². The van der Waals surface area contributed by atoms with E-state index >= 15 is 0 Å². The molecule has 20 heavy (non-hydrogen) atoms. The summed E-state index contributed by atoms with van der Waals surface area (Å²) in [4.78, 5) is 22.9. The van der Waals surface area contributed by atoms with Crippen LogP contribution < -0.4 is 10.6 Å². The van der Waals surface area contributed by atoms with Gasteiger partial charge in [0.15, 0.2) is 0 Å². The number of hydrogen-bond donors (Lipinski definition) is 2. The van der Waals surface area contributed by atoms with Gasteiger partial charge in [-0.15, -0.1) is 0 Å². The van der Waals surface area contributed by atoms with E-state index in [0.29, 0.717) is 13.1 Å². The number of rotatable bonds is 7. The van der Waals surface area contributed by atoms with Crippen molar-refractivity contribution in [2.75, 3.05) is 13.2 Å². The number of benzene rings is 1. The maximum absolute atomic E-state index is 11.5. The lowest BCUT2D eigenvalue weighted by Gasteiger charge is -2.10. The van der Waals surface area contributed by atoms with Crippen LogP contribution in [-0.4, -0.2) is 25.2 Å². The first-order valence-corrected chi connectivity index (χ1v) is 6.85. The van der Waals surface area contributed by atoms with E-state index in [0.717, 1.165) is 12.0 Å². The number of alkyl carbamates (subject to hydrolysis) is 1. The van der Waals surface area contributed by atoms with Crippen molar-refractivity contribution in [2.45, 2.75) is 26.8 Å². The Kier molecular flexibility index (Phi) is 7.17. The van der Waals surface area contributed by atoms with Gasteiger partial charge < -0.3 is 15.4 Å². The van der Waals surface area contributed by atoms with Crippen LogP contribution in [-0.2, 0) is 16.1 Å². The summed E-state index contributed by atoms with van der Waals surface area (Å²) >= 11 is 0. The Labute approximate surface area is 119 Å². The van der Waals surface area contributed by atoms with Gasteiger partial charge in [0.1, 0.15) is 6.61 Å². The molecule has 1 atom stereocenters. The van der Waals surface area contributed by atoms with Crippen LogP contribution in [0.2, 0.25) is 0 Å². The van der Waals surface area contributed by atoms with Crippen LogP contribution >= 0.6 is 0 Å². The van der Waals surface area contributed by atoms with E-state index < -0.39 is 6.09 Å². The Bertz CT molecular complexity index is 420. The van der Waals surface area contributed by atoms with Crippen molar-refractivity contribution in [3.05, 3.63) is 35.9 Å². The van der Waals surface area contributed by atoms with Crippen LogP contribution in [0.25, 0.3) is 0 Å². The molecular formula is C15H22N2O3. The van der Waals surface area contributed by atoms with Gasteiger partial charge in [-0.2, -0.15) is 0 Å². The zero-order chi connectivity index (χ0) is 14.8. The van der Waals surface area contributed by atoms with Crippen molar-refractivity contribution in [1.82, 2.24) is 10.6 Å². The Morgan fingerprint density at radius 2 is 1.90 bits per heavy atom. The molecule has 2 N–H and O–H groups in total. The highest BCUT2D eigenvalue weighted by Gasteiger charge is 2.09. The fraction of sp³-hybridized carbons (Fsp3) is 0.467. The SMILES string of the molecule is CCC(C)C(=O)NCCOC(=O)NCc1ccccc1. The second kappa shape index (κ2) is 8.96. The molecule has 1 aromatic carbocycles. The molecule has 0 aromatic heterocycles. The van der Waals surface area contributed by atoms with Crippen molar-refractivity contribution in [3.8, 4) is 0 Å². The fourth-order valence-corrected chi connectivity index (χ4v) is 1.50. The molecule has 0 fully saturated rings. The fourth-order valence-electron chi connectivity index (χ4n) is 1.50. The van der Waals surface area contributed by atoms with Crippen LogP contribution in [0.1, 0.15) is 25.8 Å². The lowest BCUT2D eigenvalue weighted by molar-refractivity contribution is -0.124. The number of amides is 2. The van der Waals surface area contributed by atoms with Crippen molar-refractivity contribution >= 4 is 12.0 Å². The topological polar surface area (TPSA) is 67.4 Å². The molecule has 5 heteroatoms. The van der Waals surface area contributed by atoms with Gasteiger partial charge in [0.05, 0.1) is 6.54 Å². The first-order valence-electron chi connectivity index (χ1n) is 6.85. The predicted octanol–water partition coefficient (Wildman–Crippen LogP) is 2.08. The molecule has 0 aliphatic rings. The zero-order valence-corrected chi connectivity index (χ0v) is 12.0. The highest BCUT2D eigenvalue weighted by Crippen LogP contribution is 1.99. The van der Waals surface area contributed by atoms with Crippen LogP contribution in [0.3, 0.4) is 0 Å². The summed E-state index contributed by atoms with van der Waals surface area (Å²) in [5, 5.41) is 5.37. The Hall–Kier alpha value is -2.04. The molecule has 5 nitrogen and oxygen atoms in total. The summed E-state index contributed by atoms with van der Waals surface area (Å²) in [6.07, 6.45) is 0.316. The molecule has 0 aliphatic carbocycles. The van der Waals surface area contributed by atoms with Gasteiger partial charge in [0.25, 0.3) is 0 Å². The van der Waals surface area contributed by atoms with Crippen molar-refractivity contribution < 1.29 is 14.3 Å². The third-order valence-electron chi connectivity index (χ3n) is 2.97. The monoisotopic (exact) mass is 278 g/mol. The Morgan fingerprint density at radius 3 is 2.55 bits per heavy atom. The van der Waals surface area contributed by atoms with Gasteiger partial charge in [0, 0.05) is 12.5 Å². The minimum Gasteiger partial charge on any atom is -0.448 e. The molecule has 0 saturated carbocycles.